The molecule has 0 saturated carbocycles. The first-order chi connectivity index (χ1) is 9.91. The van der Waals surface area contributed by atoms with Gasteiger partial charge in [-0.3, -0.25) is 14.9 Å². The molecule has 21 heavy (non-hydrogen) atoms. The summed E-state index contributed by atoms with van der Waals surface area (Å²) in [6.45, 7) is 1.84. The lowest BCUT2D eigenvalue weighted by molar-refractivity contribution is -0.383. The molecule has 0 unspecified atom stereocenters. The van der Waals surface area contributed by atoms with E-state index in [-0.39, 0.29) is 35.1 Å². The van der Waals surface area contributed by atoms with E-state index in [1.807, 2.05) is 0 Å². The van der Waals surface area contributed by atoms with Gasteiger partial charge in [0.1, 0.15) is 0 Å². The van der Waals surface area contributed by atoms with Gasteiger partial charge in [0.05, 0.1) is 15.7 Å². The third-order valence-electron chi connectivity index (χ3n) is 3.14. The van der Waals surface area contributed by atoms with Crippen molar-refractivity contribution in [3.63, 3.8) is 0 Å². The van der Waals surface area contributed by atoms with Crippen molar-refractivity contribution >= 4 is 22.6 Å². The normalized spacial score (nSPS) is 10.5. The minimum Gasteiger partial charge on any atom is -0.465 e. The summed E-state index contributed by atoms with van der Waals surface area (Å²) in [7, 11) is 0. The summed E-state index contributed by atoms with van der Waals surface area (Å²) >= 11 is 0. The van der Waals surface area contributed by atoms with Gasteiger partial charge in [0, 0.05) is 24.8 Å². The first kappa shape index (κ1) is 14.5. The molecule has 1 aromatic carbocycles. The van der Waals surface area contributed by atoms with Crippen LogP contribution in [0.5, 0.6) is 0 Å². The van der Waals surface area contributed by atoms with Gasteiger partial charge in [-0.15, -0.1) is 0 Å². The minimum atomic E-state index is -1.17. The summed E-state index contributed by atoms with van der Waals surface area (Å²) < 4.78 is 1.32. The molecule has 2 aromatic rings. The van der Waals surface area contributed by atoms with Crippen molar-refractivity contribution in [3.8, 4) is 0 Å². The van der Waals surface area contributed by atoms with Gasteiger partial charge in [0.15, 0.2) is 0 Å². The fourth-order valence-corrected chi connectivity index (χ4v) is 2.16. The predicted octanol–water partition coefficient (Wildman–Crippen LogP) is 1.49. The highest BCUT2D eigenvalue weighted by atomic mass is 16.6. The molecule has 0 aliphatic carbocycles. The lowest BCUT2D eigenvalue weighted by Gasteiger charge is -2.08. The van der Waals surface area contributed by atoms with Crippen molar-refractivity contribution < 1.29 is 14.8 Å². The Bertz CT molecular complexity index is 781. The number of hydrogen-bond acceptors (Lipinski definition) is 4. The number of rotatable bonds is 4. The molecule has 1 amide bonds. The van der Waals surface area contributed by atoms with Crippen LogP contribution in [-0.4, -0.2) is 27.2 Å². The Morgan fingerprint density at radius 2 is 2.10 bits per heavy atom. The van der Waals surface area contributed by atoms with Gasteiger partial charge in [-0.05, 0) is 19.1 Å². The number of carbonyl (C=O) groups is 1. The molecule has 0 aliphatic heterocycles. The van der Waals surface area contributed by atoms with Crippen LogP contribution in [-0.2, 0) is 6.54 Å². The van der Waals surface area contributed by atoms with Gasteiger partial charge < -0.3 is 15.0 Å². The van der Waals surface area contributed by atoms with Crippen LogP contribution < -0.4 is 10.9 Å². The van der Waals surface area contributed by atoms with Crippen LogP contribution in [0.4, 0.5) is 10.5 Å². The van der Waals surface area contributed by atoms with Crippen molar-refractivity contribution in [1.82, 2.24) is 9.88 Å². The number of hydrogen-bond donors (Lipinski definition) is 2. The maximum atomic E-state index is 12.3. The minimum absolute atomic E-state index is 0.0781. The van der Waals surface area contributed by atoms with Gasteiger partial charge >= 0.3 is 6.09 Å². The monoisotopic (exact) mass is 291 g/mol. The molecule has 1 heterocycles. The molecule has 1 aromatic heterocycles. The summed E-state index contributed by atoms with van der Waals surface area (Å²) in [6.07, 6.45) is 0.260. The quantitative estimate of drug-likeness (QED) is 0.654. The Labute approximate surface area is 118 Å². The second-order valence-electron chi connectivity index (χ2n) is 4.50. The van der Waals surface area contributed by atoms with E-state index in [0.717, 1.165) is 0 Å². The van der Waals surface area contributed by atoms with Crippen LogP contribution in [0.3, 0.4) is 0 Å². The lowest BCUT2D eigenvalue weighted by atomic mass is 10.1. The molecule has 0 saturated heterocycles. The lowest BCUT2D eigenvalue weighted by Crippen LogP contribution is -2.29. The topological polar surface area (TPSA) is 114 Å². The summed E-state index contributed by atoms with van der Waals surface area (Å²) in [4.78, 5) is 33.2. The second-order valence-corrected chi connectivity index (χ2v) is 4.50. The number of nitro groups is 1. The Kier molecular flexibility index (Phi) is 3.88. The first-order valence-corrected chi connectivity index (χ1v) is 6.15. The maximum absolute atomic E-state index is 12.3. The molecule has 2 N–H and O–H groups in total. The zero-order valence-electron chi connectivity index (χ0n) is 11.2. The van der Waals surface area contributed by atoms with E-state index in [0.29, 0.717) is 5.56 Å². The number of amides is 1. The molecule has 110 valence electrons. The number of carboxylic acid groups (broad SMARTS) is 1. The van der Waals surface area contributed by atoms with Crippen molar-refractivity contribution in [3.05, 3.63) is 50.4 Å². The molecule has 0 fully saturated rings. The smallest absolute Gasteiger partial charge is 0.404 e. The second kappa shape index (κ2) is 5.61. The van der Waals surface area contributed by atoms with Gasteiger partial charge in [0.2, 0.25) is 0 Å². The maximum Gasteiger partial charge on any atom is 0.404 e. The van der Waals surface area contributed by atoms with Crippen LogP contribution in [0.1, 0.15) is 5.56 Å². The Morgan fingerprint density at radius 1 is 1.38 bits per heavy atom. The van der Waals surface area contributed by atoms with E-state index in [1.54, 1.807) is 13.0 Å². The summed E-state index contributed by atoms with van der Waals surface area (Å²) in [5, 5.41) is 22.3. The Hall–Kier alpha value is -2.90. The molecular formula is C13H13N3O5. The number of pyridine rings is 1. The average Bonchev–Trinajstić information content (AvgIpc) is 2.40. The van der Waals surface area contributed by atoms with Crippen LogP contribution in [0.25, 0.3) is 10.8 Å². The Morgan fingerprint density at radius 3 is 2.71 bits per heavy atom. The number of fused-ring (bicyclic) bond motifs is 1. The summed E-state index contributed by atoms with van der Waals surface area (Å²) in [6, 6.07) is 4.57. The number of nitro benzene ring substituents is 1. The van der Waals surface area contributed by atoms with Crippen molar-refractivity contribution in [1.29, 1.82) is 0 Å². The predicted molar refractivity (Wildman–Crippen MR) is 75.6 cm³/mol. The van der Waals surface area contributed by atoms with E-state index >= 15 is 0 Å². The van der Waals surface area contributed by atoms with E-state index in [2.05, 4.69) is 5.32 Å². The fraction of sp³-hybridized carbons (Fsp3) is 0.231. The molecule has 0 atom stereocenters. The van der Waals surface area contributed by atoms with E-state index in [1.165, 1.54) is 22.9 Å². The van der Waals surface area contributed by atoms with Gasteiger partial charge in [-0.1, -0.05) is 6.07 Å². The van der Waals surface area contributed by atoms with Crippen molar-refractivity contribution in [2.24, 2.45) is 0 Å². The number of nitrogens with zero attached hydrogens (tertiary/aromatic N) is 2. The standard InChI is InChI=1S/C13H13N3O5/c1-8-2-3-10-9(11(8)16(20)21)4-6-15(12(10)17)7-5-14-13(18)19/h2-4,6,14H,5,7H2,1H3,(H,18,19). The number of benzene rings is 1. The largest absolute Gasteiger partial charge is 0.465 e. The SMILES string of the molecule is Cc1ccc2c(=O)n(CCNC(=O)O)ccc2c1[N+](=O)[O-]. The number of aryl methyl sites for hydroxylation is 1. The van der Waals surface area contributed by atoms with Gasteiger partial charge in [-0.2, -0.15) is 0 Å². The molecule has 0 bridgehead atoms. The zero-order valence-corrected chi connectivity index (χ0v) is 11.2. The molecule has 8 nitrogen and oxygen atoms in total. The molecule has 0 aliphatic rings. The number of aromatic nitrogens is 1. The van der Waals surface area contributed by atoms with Crippen LogP contribution in [0, 0.1) is 17.0 Å². The molecule has 0 radical (unpaired) electrons. The van der Waals surface area contributed by atoms with E-state index < -0.39 is 11.0 Å². The third kappa shape index (κ3) is 2.83. The molecule has 2 rings (SSSR count). The highest BCUT2D eigenvalue weighted by molar-refractivity contribution is 5.91. The highest BCUT2D eigenvalue weighted by Crippen LogP contribution is 2.26. The number of nitrogens with one attached hydrogen (secondary N) is 1. The fourth-order valence-electron chi connectivity index (χ4n) is 2.16. The van der Waals surface area contributed by atoms with Crippen LogP contribution in [0.2, 0.25) is 0 Å². The molecule has 0 spiro atoms. The van der Waals surface area contributed by atoms with E-state index in [9.17, 15) is 19.7 Å². The van der Waals surface area contributed by atoms with Crippen molar-refractivity contribution in [2.45, 2.75) is 13.5 Å². The van der Waals surface area contributed by atoms with E-state index in [4.69, 9.17) is 5.11 Å². The van der Waals surface area contributed by atoms with Crippen LogP contribution >= 0.6 is 0 Å². The van der Waals surface area contributed by atoms with Gasteiger partial charge in [-0.25, -0.2) is 4.79 Å². The van der Waals surface area contributed by atoms with Crippen LogP contribution in [0.15, 0.2) is 29.2 Å². The first-order valence-electron chi connectivity index (χ1n) is 6.15. The van der Waals surface area contributed by atoms with Crippen molar-refractivity contribution in [2.75, 3.05) is 6.54 Å². The third-order valence-corrected chi connectivity index (χ3v) is 3.14. The summed E-state index contributed by atoms with van der Waals surface area (Å²) in [5.74, 6) is 0. The highest BCUT2D eigenvalue weighted by Gasteiger charge is 2.17. The molecule has 8 heteroatoms. The van der Waals surface area contributed by atoms with Gasteiger partial charge in [0.25, 0.3) is 11.2 Å². The zero-order chi connectivity index (χ0) is 15.6. The Balaban J connectivity index is 2.49. The average molecular weight is 291 g/mol. The summed E-state index contributed by atoms with van der Waals surface area (Å²) in [5.41, 5.74) is 0.0143. The molecular weight excluding hydrogens is 278 g/mol.